The molecule has 1 amide bonds. The number of nitrogen functional groups attached to an aromatic ring is 1. The third-order valence-corrected chi connectivity index (χ3v) is 4.18. The Morgan fingerprint density at radius 1 is 1.17 bits per heavy atom. The second kappa shape index (κ2) is 10.3. The fourth-order valence-corrected chi connectivity index (χ4v) is 2.76. The van der Waals surface area contributed by atoms with Crippen LogP contribution in [0.15, 0.2) is 36.4 Å². The Morgan fingerprint density at radius 3 is 2.59 bits per heavy atom. The van der Waals surface area contributed by atoms with Crippen molar-refractivity contribution in [3.05, 3.63) is 58.1 Å². The van der Waals surface area contributed by atoms with E-state index < -0.39 is 5.97 Å². The van der Waals surface area contributed by atoms with E-state index in [1.54, 1.807) is 37.3 Å². The molecule has 0 aliphatic carbocycles. The molecule has 0 fully saturated rings. The van der Waals surface area contributed by atoms with Crippen LogP contribution in [0.25, 0.3) is 0 Å². The third kappa shape index (κ3) is 6.39. The van der Waals surface area contributed by atoms with Gasteiger partial charge in [0.1, 0.15) is 18.1 Å². The van der Waals surface area contributed by atoms with Crippen LogP contribution in [0, 0.1) is 5.41 Å². The number of amidine groups is 1. The molecular weight excluding hydrogens is 396 g/mol. The maximum Gasteiger partial charge on any atom is 0.325 e. The number of hydrogen-bond donors (Lipinski definition) is 4. The van der Waals surface area contributed by atoms with Gasteiger partial charge in [-0.15, -0.1) is 0 Å². The topological polar surface area (TPSA) is 127 Å². The minimum atomic E-state index is -0.415. The van der Waals surface area contributed by atoms with Crippen molar-refractivity contribution in [1.29, 1.82) is 5.41 Å². The molecular formula is C20H23ClN4O4. The van der Waals surface area contributed by atoms with Gasteiger partial charge in [-0.25, -0.2) is 0 Å². The molecule has 2 rings (SSSR count). The SMILES string of the molecule is CCOC(=O)CNc1cc(C(=N)N)ccc1CNC(=O)c1cc(Cl)cc(OC)c1. The van der Waals surface area contributed by atoms with Gasteiger partial charge in [0.15, 0.2) is 0 Å². The molecule has 0 atom stereocenters. The number of methoxy groups -OCH3 is 1. The Bertz CT molecular complexity index is 917. The number of anilines is 1. The first-order valence-electron chi connectivity index (χ1n) is 8.83. The van der Waals surface area contributed by atoms with Crippen LogP contribution in [-0.2, 0) is 16.1 Å². The molecule has 0 radical (unpaired) electrons. The van der Waals surface area contributed by atoms with Gasteiger partial charge in [0.2, 0.25) is 0 Å². The van der Waals surface area contributed by atoms with Gasteiger partial charge in [-0.05, 0) is 36.8 Å². The fourth-order valence-electron chi connectivity index (χ4n) is 2.53. The molecule has 0 saturated carbocycles. The minimum absolute atomic E-state index is 0.0539. The summed E-state index contributed by atoms with van der Waals surface area (Å²) in [5.41, 5.74) is 7.67. The van der Waals surface area contributed by atoms with Gasteiger partial charge in [-0.3, -0.25) is 15.0 Å². The van der Waals surface area contributed by atoms with E-state index in [2.05, 4.69) is 10.6 Å². The lowest BCUT2D eigenvalue weighted by Crippen LogP contribution is -2.24. The minimum Gasteiger partial charge on any atom is -0.497 e. The van der Waals surface area contributed by atoms with Crippen molar-refractivity contribution < 1.29 is 19.1 Å². The van der Waals surface area contributed by atoms with E-state index >= 15 is 0 Å². The molecule has 154 valence electrons. The number of nitrogens with two attached hydrogens (primary N) is 1. The molecule has 9 heteroatoms. The number of carbonyl (C=O) groups is 2. The van der Waals surface area contributed by atoms with Crippen molar-refractivity contribution in [2.24, 2.45) is 5.73 Å². The van der Waals surface area contributed by atoms with Crippen LogP contribution in [0.1, 0.15) is 28.4 Å². The molecule has 0 bridgehead atoms. The van der Waals surface area contributed by atoms with E-state index in [4.69, 9.17) is 32.2 Å². The summed E-state index contributed by atoms with van der Waals surface area (Å²) in [7, 11) is 1.49. The molecule has 5 N–H and O–H groups in total. The predicted molar refractivity (Wildman–Crippen MR) is 112 cm³/mol. The smallest absolute Gasteiger partial charge is 0.325 e. The zero-order chi connectivity index (χ0) is 21.4. The lowest BCUT2D eigenvalue weighted by Gasteiger charge is -2.14. The summed E-state index contributed by atoms with van der Waals surface area (Å²) < 4.78 is 10.0. The van der Waals surface area contributed by atoms with Crippen molar-refractivity contribution in [3.8, 4) is 5.75 Å². The predicted octanol–water partition coefficient (Wildman–Crippen LogP) is 2.54. The van der Waals surface area contributed by atoms with Gasteiger partial charge >= 0.3 is 5.97 Å². The summed E-state index contributed by atoms with van der Waals surface area (Å²) in [5.74, 6) is -0.379. The van der Waals surface area contributed by atoms with Crippen molar-refractivity contribution >= 4 is 35.0 Å². The number of rotatable bonds is 9. The molecule has 29 heavy (non-hydrogen) atoms. The highest BCUT2D eigenvalue weighted by Gasteiger charge is 2.12. The fraction of sp³-hybridized carbons (Fsp3) is 0.250. The average molecular weight is 419 g/mol. The lowest BCUT2D eigenvalue weighted by molar-refractivity contribution is -0.140. The molecule has 0 aliphatic heterocycles. The van der Waals surface area contributed by atoms with Crippen molar-refractivity contribution in [2.75, 3.05) is 25.6 Å². The largest absolute Gasteiger partial charge is 0.497 e. The maximum absolute atomic E-state index is 12.5. The van der Waals surface area contributed by atoms with Crippen molar-refractivity contribution in [1.82, 2.24) is 5.32 Å². The zero-order valence-corrected chi connectivity index (χ0v) is 16.9. The molecule has 0 saturated heterocycles. The number of amides is 1. The molecule has 8 nitrogen and oxygen atoms in total. The van der Waals surface area contributed by atoms with E-state index in [1.165, 1.54) is 13.2 Å². The quantitative estimate of drug-likeness (QED) is 0.281. The second-order valence-electron chi connectivity index (χ2n) is 6.01. The number of hydrogen-bond acceptors (Lipinski definition) is 6. The van der Waals surface area contributed by atoms with Gasteiger partial charge < -0.3 is 25.8 Å². The highest BCUT2D eigenvalue weighted by Crippen LogP contribution is 2.21. The van der Waals surface area contributed by atoms with Crippen molar-refractivity contribution in [3.63, 3.8) is 0 Å². The van der Waals surface area contributed by atoms with Gasteiger partial charge in [0, 0.05) is 28.4 Å². The van der Waals surface area contributed by atoms with E-state index in [0.717, 1.165) is 0 Å². The van der Waals surface area contributed by atoms with Crippen LogP contribution in [0.5, 0.6) is 5.75 Å². The van der Waals surface area contributed by atoms with Crippen LogP contribution >= 0.6 is 11.6 Å². The first-order valence-corrected chi connectivity index (χ1v) is 9.21. The lowest BCUT2D eigenvalue weighted by atomic mass is 10.1. The monoisotopic (exact) mass is 418 g/mol. The third-order valence-electron chi connectivity index (χ3n) is 3.96. The Hall–Kier alpha value is -3.26. The summed E-state index contributed by atoms with van der Waals surface area (Å²) >= 11 is 6.01. The molecule has 2 aromatic carbocycles. The maximum atomic E-state index is 12.5. The van der Waals surface area contributed by atoms with E-state index in [1.807, 2.05) is 0 Å². The molecule has 0 spiro atoms. The zero-order valence-electron chi connectivity index (χ0n) is 16.2. The van der Waals surface area contributed by atoms with Gasteiger partial charge in [-0.1, -0.05) is 23.7 Å². The first kappa shape index (κ1) is 22.0. The summed E-state index contributed by atoms with van der Waals surface area (Å²) in [5, 5.41) is 13.7. The van der Waals surface area contributed by atoms with Crippen LogP contribution in [0.2, 0.25) is 5.02 Å². The van der Waals surface area contributed by atoms with E-state index in [9.17, 15) is 9.59 Å². The number of ether oxygens (including phenoxy) is 2. The number of benzene rings is 2. The van der Waals surface area contributed by atoms with Gasteiger partial charge in [0.25, 0.3) is 5.91 Å². The standard InChI is InChI=1S/C20H23ClN4O4/c1-3-29-18(26)11-24-17-8-12(19(22)23)4-5-13(17)10-25-20(27)14-6-15(21)9-16(7-14)28-2/h4-9,24H,3,10-11H2,1-2H3,(H3,22,23)(H,25,27). The Morgan fingerprint density at radius 2 is 1.93 bits per heavy atom. The van der Waals surface area contributed by atoms with Gasteiger partial charge in [0.05, 0.1) is 13.7 Å². The highest BCUT2D eigenvalue weighted by atomic mass is 35.5. The molecule has 0 aliphatic rings. The molecule has 0 unspecified atom stereocenters. The first-order chi connectivity index (χ1) is 13.8. The number of carbonyl (C=O) groups excluding carboxylic acids is 2. The Kier molecular flexibility index (Phi) is 7.85. The van der Waals surface area contributed by atoms with Gasteiger partial charge in [-0.2, -0.15) is 0 Å². The summed E-state index contributed by atoms with van der Waals surface area (Å²) in [6, 6.07) is 9.77. The summed E-state index contributed by atoms with van der Waals surface area (Å²) in [6.45, 7) is 2.12. The van der Waals surface area contributed by atoms with E-state index in [0.29, 0.717) is 33.1 Å². The number of esters is 1. The number of nitrogens with one attached hydrogen (secondary N) is 3. The molecule has 2 aromatic rings. The summed E-state index contributed by atoms with van der Waals surface area (Å²) in [4.78, 5) is 24.1. The second-order valence-corrected chi connectivity index (χ2v) is 6.44. The molecule has 0 heterocycles. The average Bonchev–Trinajstić information content (AvgIpc) is 2.70. The van der Waals surface area contributed by atoms with E-state index in [-0.39, 0.29) is 31.4 Å². The Labute approximate surface area is 173 Å². The van der Waals surface area contributed by atoms with Crippen LogP contribution in [0.4, 0.5) is 5.69 Å². The van der Waals surface area contributed by atoms with Crippen LogP contribution < -0.4 is 21.1 Å². The van der Waals surface area contributed by atoms with Crippen LogP contribution in [0.3, 0.4) is 0 Å². The number of halogens is 1. The van der Waals surface area contributed by atoms with Crippen LogP contribution in [-0.4, -0.2) is 38.0 Å². The normalized spacial score (nSPS) is 10.2. The highest BCUT2D eigenvalue weighted by molar-refractivity contribution is 6.31. The van der Waals surface area contributed by atoms with Crippen molar-refractivity contribution in [2.45, 2.75) is 13.5 Å². The Balaban J connectivity index is 2.16. The summed E-state index contributed by atoms with van der Waals surface area (Å²) in [6.07, 6.45) is 0. The molecule has 0 aromatic heterocycles.